The number of carbonyl (C=O) groups excluding carboxylic acids is 1. The lowest BCUT2D eigenvalue weighted by molar-refractivity contribution is 0.0988. The highest BCUT2D eigenvalue weighted by Crippen LogP contribution is 2.12. The standard InChI is InChI=1S/C13H14N2O2/c1-2-13(16)10-3-5-11(6-4-10)14-9-12-7-8-15-17-12/h3-8,14H,2,9H2,1H3. The molecule has 88 valence electrons. The Morgan fingerprint density at radius 3 is 2.65 bits per heavy atom. The van der Waals surface area contributed by atoms with E-state index in [4.69, 9.17) is 4.52 Å². The van der Waals surface area contributed by atoms with E-state index in [1.54, 1.807) is 6.20 Å². The predicted molar refractivity (Wildman–Crippen MR) is 64.9 cm³/mol. The molecule has 0 unspecified atom stereocenters. The SMILES string of the molecule is CCC(=O)c1ccc(NCc2ccno2)cc1. The summed E-state index contributed by atoms with van der Waals surface area (Å²) in [5.74, 6) is 0.936. The number of benzene rings is 1. The summed E-state index contributed by atoms with van der Waals surface area (Å²) in [5, 5.41) is 6.81. The number of ketones is 1. The first-order chi connectivity index (χ1) is 8.29. The van der Waals surface area contributed by atoms with Gasteiger partial charge in [-0.15, -0.1) is 0 Å². The van der Waals surface area contributed by atoms with E-state index in [0.29, 0.717) is 13.0 Å². The first-order valence-corrected chi connectivity index (χ1v) is 5.56. The quantitative estimate of drug-likeness (QED) is 0.802. The van der Waals surface area contributed by atoms with E-state index in [1.807, 2.05) is 37.3 Å². The molecular formula is C13H14N2O2. The highest BCUT2D eigenvalue weighted by atomic mass is 16.5. The van der Waals surface area contributed by atoms with Crippen LogP contribution in [-0.2, 0) is 6.54 Å². The molecule has 0 amide bonds. The fraction of sp³-hybridized carbons (Fsp3) is 0.231. The lowest BCUT2D eigenvalue weighted by atomic mass is 10.1. The molecule has 17 heavy (non-hydrogen) atoms. The van der Waals surface area contributed by atoms with Crippen molar-refractivity contribution in [3.8, 4) is 0 Å². The van der Waals surface area contributed by atoms with Crippen LogP contribution in [0.3, 0.4) is 0 Å². The zero-order valence-corrected chi connectivity index (χ0v) is 9.64. The third-order valence-corrected chi connectivity index (χ3v) is 2.49. The van der Waals surface area contributed by atoms with Crippen molar-refractivity contribution in [3.05, 3.63) is 47.9 Å². The number of rotatable bonds is 5. The Bertz CT molecular complexity index is 475. The van der Waals surface area contributed by atoms with Gasteiger partial charge in [-0.05, 0) is 24.3 Å². The number of Topliss-reactive ketones (excluding diaryl/α,β-unsaturated/α-hetero) is 1. The molecule has 4 nitrogen and oxygen atoms in total. The van der Waals surface area contributed by atoms with Gasteiger partial charge in [0.25, 0.3) is 0 Å². The van der Waals surface area contributed by atoms with Crippen LogP contribution < -0.4 is 5.32 Å². The van der Waals surface area contributed by atoms with Crippen molar-refractivity contribution >= 4 is 11.5 Å². The zero-order valence-electron chi connectivity index (χ0n) is 9.64. The van der Waals surface area contributed by atoms with Gasteiger partial charge in [0.1, 0.15) is 0 Å². The topological polar surface area (TPSA) is 55.1 Å². The summed E-state index contributed by atoms with van der Waals surface area (Å²) in [5.41, 5.74) is 1.70. The maximum atomic E-state index is 11.4. The van der Waals surface area contributed by atoms with Gasteiger partial charge < -0.3 is 9.84 Å². The van der Waals surface area contributed by atoms with Crippen LogP contribution in [0.15, 0.2) is 41.1 Å². The third kappa shape index (κ3) is 2.93. The predicted octanol–water partition coefficient (Wildman–Crippen LogP) is 2.88. The molecule has 0 fully saturated rings. The fourth-order valence-electron chi connectivity index (χ4n) is 1.50. The molecule has 4 heteroatoms. The summed E-state index contributed by atoms with van der Waals surface area (Å²) in [4.78, 5) is 11.4. The number of nitrogens with one attached hydrogen (secondary N) is 1. The van der Waals surface area contributed by atoms with Gasteiger partial charge in [0.2, 0.25) is 0 Å². The van der Waals surface area contributed by atoms with Crippen LogP contribution in [0.25, 0.3) is 0 Å². The van der Waals surface area contributed by atoms with Gasteiger partial charge in [-0.3, -0.25) is 4.79 Å². The molecule has 1 aromatic heterocycles. The second kappa shape index (κ2) is 5.30. The van der Waals surface area contributed by atoms with E-state index < -0.39 is 0 Å². The molecule has 0 aliphatic heterocycles. The maximum absolute atomic E-state index is 11.4. The van der Waals surface area contributed by atoms with E-state index in [1.165, 1.54) is 0 Å². The van der Waals surface area contributed by atoms with Gasteiger partial charge >= 0.3 is 0 Å². The second-order valence-electron chi connectivity index (χ2n) is 3.69. The number of hydrogen-bond donors (Lipinski definition) is 1. The summed E-state index contributed by atoms with van der Waals surface area (Å²) in [7, 11) is 0. The van der Waals surface area contributed by atoms with Crippen LogP contribution in [0.4, 0.5) is 5.69 Å². The molecule has 0 bridgehead atoms. The molecule has 0 saturated carbocycles. The number of carbonyl (C=O) groups is 1. The van der Waals surface area contributed by atoms with Gasteiger partial charge in [-0.1, -0.05) is 12.1 Å². The summed E-state index contributed by atoms with van der Waals surface area (Å²) in [6.07, 6.45) is 2.14. The molecule has 2 aromatic rings. The molecule has 1 heterocycles. The van der Waals surface area contributed by atoms with E-state index in [0.717, 1.165) is 17.0 Å². The van der Waals surface area contributed by atoms with Crippen LogP contribution in [-0.4, -0.2) is 10.9 Å². The average molecular weight is 230 g/mol. The molecule has 0 spiro atoms. The van der Waals surface area contributed by atoms with Crippen molar-refractivity contribution in [3.63, 3.8) is 0 Å². The van der Waals surface area contributed by atoms with Crippen LogP contribution in [0, 0.1) is 0 Å². The Balaban J connectivity index is 1.96. The third-order valence-electron chi connectivity index (χ3n) is 2.49. The Hall–Kier alpha value is -2.10. The summed E-state index contributed by atoms with van der Waals surface area (Å²) < 4.78 is 4.97. The molecule has 2 rings (SSSR count). The first kappa shape index (κ1) is 11.4. The van der Waals surface area contributed by atoms with Crippen molar-refractivity contribution in [2.45, 2.75) is 19.9 Å². The number of hydrogen-bond acceptors (Lipinski definition) is 4. The molecule has 0 radical (unpaired) electrons. The monoisotopic (exact) mass is 230 g/mol. The number of anilines is 1. The number of aromatic nitrogens is 1. The van der Waals surface area contributed by atoms with Crippen molar-refractivity contribution < 1.29 is 9.32 Å². The zero-order chi connectivity index (χ0) is 12.1. The summed E-state index contributed by atoms with van der Waals surface area (Å²) in [6, 6.07) is 9.24. The van der Waals surface area contributed by atoms with Crippen molar-refractivity contribution in [2.75, 3.05) is 5.32 Å². The lowest BCUT2D eigenvalue weighted by Gasteiger charge is -2.04. The van der Waals surface area contributed by atoms with Gasteiger partial charge in [0.15, 0.2) is 11.5 Å². The smallest absolute Gasteiger partial charge is 0.162 e. The van der Waals surface area contributed by atoms with Gasteiger partial charge in [0, 0.05) is 23.7 Å². The maximum Gasteiger partial charge on any atom is 0.162 e. The fourth-order valence-corrected chi connectivity index (χ4v) is 1.50. The minimum atomic E-state index is 0.159. The molecular weight excluding hydrogens is 216 g/mol. The van der Waals surface area contributed by atoms with Crippen molar-refractivity contribution in [1.29, 1.82) is 0 Å². The van der Waals surface area contributed by atoms with Crippen LogP contribution in [0.2, 0.25) is 0 Å². The lowest BCUT2D eigenvalue weighted by Crippen LogP contribution is -2.00. The molecule has 0 atom stereocenters. The Labute approximate surface area is 99.6 Å². The van der Waals surface area contributed by atoms with Crippen LogP contribution >= 0.6 is 0 Å². The minimum absolute atomic E-state index is 0.159. The molecule has 1 aromatic carbocycles. The van der Waals surface area contributed by atoms with E-state index in [-0.39, 0.29) is 5.78 Å². The Morgan fingerprint density at radius 2 is 2.06 bits per heavy atom. The Morgan fingerprint density at radius 1 is 1.29 bits per heavy atom. The van der Waals surface area contributed by atoms with E-state index >= 15 is 0 Å². The van der Waals surface area contributed by atoms with Gasteiger partial charge in [0.05, 0.1) is 12.7 Å². The van der Waals surface area contributed by atoms with Crippen molar-refractivity contribution in [2.24, 2.45) is 0 Å². The minimum Gasteiger partial charge on any atom is -0.378 e. The van der Waals surface area contributed by atoms with Crippen LogP contribution in [0.1, 0.15) is 29.5 Å². The largest absolute Gasteiger partial charge is 0.378 e. The van der Waals surface area contributed by atoms with Crippen LogP contribution in [0.5, 0.6) is 0 Å². The van der Waals surface area contributed by atoms with E-state index in [9.17, 15) is 4.79 Å². The molecule has 1 N–H and O–H groups in total. The second-order valence-corrected chi connectivity index (χ2v) is 3.69. The number of nitrogens with zero attached hydrogens (tertiary/aromatic N) is 1. The highest BCUT2D eigenvalue weighted by molar-refractivity contribution is 5.96. The highest BCUT2D eigenvalue weighted by Gasteiger charge is 2.02. The van der Waals surface area contributed by atoms with Gasteiger partial charge in [-0.2, -0.15) is 0 Å². The van der Waals surface area contributed by atoms with E-state index in [2.05, 4.69) is 10.5 Å². The molecule has 0 saturated heterocycles. The normalized spacial score (nSPS) is 10.2. The summed E-state index contributed by atoms with van der Waals surface area (Å²) in [6.45, 7) is 2.44. The van der Waals surface area contributed by atoms with Crippen molar-refractivity contribution in [1.82, 2.24) is 5.16 Å². The summed E-state index contributed by atoms with van der Waals surface area (Å²) >= 11 is 0. The van der Waals surface area contributed by atoms with Gasteiger partial charge in [-0.25, -0.2) is 0 Å². The average Bonchev–Trinajstić information content (AvgIpc) is 2.89. The first-order valence-electron chi connectivity index (χ1n) is 5.56. The Kier molecular flexibility index (Phi) is 3.55. The molecule has 0 aliphatic carbocycles. The molecule has 0 aliphatic rings.